The quantitative estimate of drug-likeness (QED) is 0.832. The second-order valence-electron chi connectivity index (χ2n) is 4.54. The Morgan fingerprint density at radius 3 is 2.89 bits per heavy atom. The summed E-state index contributed by atoms with van der Waals surface area (Å²) < 4.78 is 0.318. The molecule has 100 valence electrons. The zero-order valence-electron chi connectivity index (χ0n) is 10.6. The van der Waals surface area contributed by atoms with Gasteiger partial charge in [0.25, 0.3) is 5.91 Å². The second kappa shape index (κ2) is 5.95. The third kappa shape index (κ3) is 2.99. The van der Waals surface area contributed by atoms with E-state index in [-0.39, 0.29) is 11.9 Å². The monoisotopic (exact) mass is 288 g/mol. The molecule has 1 amide bonds. The first kappa shape index (κ1) is 13.7. The molecule has 1 fully saturated rings. The van der Waals surface area contributed by atoms with Gasteiger partial charge in [-0.3, -0.25) is 4.79 Å². The summed E-state index contributed by atoms with van der Waals surface area (Å²) in [5.74, 6) is -0.0402. The van der Waals surface area contributed by atoms with Gasteiger partial charge in [0, 0.05) is 19.1 Å². The largest absolute Gasteiger partial charge is 0.332 e. The molecule has 0 bridgehead atoms. The van der Waals surface area contributed by atoms with E-state index >= 15 is 0 Å². The number of halogens is 1. The highest BCUT2D eigenvalue weighted by atomic mass is 35.5. The minimum Gasteiger partial charge on any atom is -0.332 e. The third-order valence-electron chi connectivity index (χ3n) is 3.22. The highest BCUT2D eigenvalue weighted by Gasteiger charge is 2.28. The first-order valence-electron chi connectivity index (χ1n) is 6.10. The molecule has 0 radical (unpaired) electrons. The van der Waals surface area contributed by atoms with Gasteiger partial charge in [-0.05, 0) is 38.0 Å². The Labute approximate surface area is 116 Å². The van der Waals surface area contributed by atoms with Crippen molar-refractivity contribution in [2.24, 2.45) is 0 Å². The van der Waals surface area contributed by atoms with Crippen molar-refractivity contribution in [3.8, 4) is 0 Å². The molecule has 1 saturated heterocycles. The van der Waals surface area contributed by atoms with Crippen molar-refractivity contribution in [2.45, 2.75) is 25.8 Å². The van der Waals surface area contributed by atoms with E-state index in [1.807, 2.05) is 4.90 Å². The molecule has 0 aromatic carbocycles. The van der Waals surface area contributed by atoms with Crippen LogP contribution in [-0.2, 0) is 0 Å². The standard InChI is InChI=1S/C11H17ClN4OS/c1-3-8-7-15(2)5-4-6-16(8)10(17)9-13-14-11(12)18-9/h8H,3-7H2,1-2H3. The maximum absolute atomic E-state index is 12.4. The van der Waals surface area contributed by atoms with Crippen LogP contribution < -0.4 is 0 Å². The smallest absolute Gasteiger partial charge is 0.285 e. The zero-order valence-corrected chi connectivity index (χ0v) is 12.2. The minimum absolute atomic E-state index is 0.0402. The molecule has 18 heavy (non-hydrogen) atoms. The van der Waals surface area contributed by atoms with Crippen LogP contribution in [0.2, 0.25) is 4.47 Å². The van der Waals surface area contributed by atoms with Crippen molar-refractivity contribution in [1.29, 1.82) is 0 Å². The summed E-state index contributed by atoms with van der Waals surface area (Å²) in [5, 5.41) is 7.93. The SMILES string of the molecule is CCC1CN(C)CCCN1C(=O)c1nnc(Cl)s1. The predicted octanol–water partition coefficient (Wildman–Crippen LogP) is 1.75. The van der Waals surface area contributed by atoms with Crippen LogP contribution in [-0.4, -0.2) is 58.6 Å². The average molecular weight is 289 g/mol. The van der Waals surface area contributed by atoms with Gasteiger partial charge in [0.2, 0.25) is 9.47 Å². The molecule has 1 atom stereocenters. The van der Waals surface area contributed by atoms with Crippen molar-refractivity contribution >= 4 is 28.8 Å². The minimum atomic E-state index is -0.0402. The van der Waals surface area contributed by atoms with Gasteiger partial charge < -0.3 is 9.80 Å². The van der Waals surface area contributed by atoms with E-state index in [2.05, 4.69) is 29.1 Å². The molecule has 1 unspecified atom stereocenters. The lowest BCUT2D eigenvalue weighted by Gasteiger charge is -2.29. The Morgan fingerprint density at radius 1 is 1.50 bits per heavy atom. The first-order chi connectivity index (χ1) is 8.61. The number of hydrogen-bond donors (Lipinski definition) is 0. The topological polar surface area (TPSA) is 49.3 Å². The lowest BCUT2D eigenvalue weighted by Crippen LogP contribution is -2.43. The number of amides is 1. The first-order valence-corrected chi connectivity index (χ1v) is 7.29. The van der Waals surface area contributed by atoms with Gasteiger partial charge in [-0.15, -0.1) is 10.2 Å². The lowest BCUT2D eigenvalue weighted by atomic mass is 10.2. The molecular weight excluding hydrogens is 272 g/mol. The summed E-state index contributed by atoms with van der Waals surface area (Å²) in [5.41, 5.74) is 0. The zero-order chi connectivity index (χ0) is 13.1. The van der Waals surface area contributed by atoms with Gasteiger partial charge in [0.1, 0.15) is 0 Å². The van der Waals surface area contributed by atoms with Crippen LogP contribution in [0.3, 0.4) is 0 Å². The molecule has 7 heteroatoms. The maximum Gasteiger partial charge on any atom is 0.285 e. The number of likely N-dealkylation sites (N-methyl/N-ethyl adjacent to an activating group) is 1. The van der Waals surface area contributed by atoms with Gasteiger partial charge in [0.05, 0.1) is 0 Å². The van der Waals surface area contributed by atoms with Gasteiger partial charge in [-0.2, -0.15) is 0 Å². The van der Waals surface area contributed by atoms with E-state index in [1.54, 1.807) is 0 Å². The molecule has 0 saturated carbocycles. The summed E-state index contributed by atoms with van der Waals surface area (Å²) in [6.07, 6.45) is 1.94. The van der Waals surface area contributed by atoms with Gasteiger partial charge in [-0.1, -0.05) is 18.3 Å². The summed E-state index contributed by atoms with van der Waals surface area (Å²) in [6, 6.07) is 0.243. The summed E-state index contributed by atoms with van der Waals surface area (Å²) in [7, 11) is 2.10. The third-order valence-corrected chi connectivity index (χ3v) is 4.22. The van der Waals surface area contributed by atoms with E-state index < -0.39 is 0 Å². The van der Waals surface area contributed by atoms with Gasteiger partial charge in [-0.25, -0.2) is 0 Å². The van der Waals surface area contributed by atoms with E-state index in [0.717, 1.165) is 43.8 Å². The van der Waals surface area contributed by atoms with Crippen LogP contribution in [0.1, 0.15) is 29.6 Å². The van der Waals surface area contributed by atoms with Crippen LogP contribution in [0.15, 0.2) is 0 Å². The van der Waals surface area contributed by atoms with E-state index in [1.165, 1.54) is 0 Å². The van der Waals surface area contributed by atoms with Crippen LogP contribution in [0, 0.1) is 0 Å². The summed E-state index contributed by atoms with van der Waals surface area (Å²) in [6.45, 7) is 4.82. The van der Waals surface area contributed by atoms with Crippen molar-refractivity contribution in [3.05, 3.63) is 9.47 Å². The van der Waals surface area contributed by atoms with Crippen molar-refractivity contribution < 1.29 is 4.79 Å². The normalized spacial score (nSPS) is 21.9. The number of carbonyl (C=O) groups excluding carboxylic acids is 1. The van der Waals surface area contributed by atoms with Gasteiger partial charge >= 0.3 is 0 Å². The number of hydrogen-bond acceptors (Lipinski definition) is 5. The Bertz CT molecular complexity index is 425. The number of rotatable bonds is 2. The summed E-state index contributed by atoms with van der Waals surface area (Å²) in [4.78, 5) is 16.6. The molecule has 0 spiro atoms. The van der Waals surface area contributed by atoms with Crippen LogP contribution in [0.4, 0.5) is 0 Å². The van der Waals surface area contributed by atoms with Gasteiger partial charge in [0.15, 0.2) is 0 Å². The molecule has 1 aromatic heterocycles. The molecule has 1 aromatic rings. The molecule has 1 aliphatic heterocycles. The van der Waals surface area contributed by atoms with E-state index in [4.69, 9.17) is 11.6 Å². The molecule has 1 aliphatic rings. The van der Waals surface area contributed by atoms with Crippen molar-refractivity contribution in [2.75, 3.05) is 26.7 Å². The fraction of sp³-hybridized carbons (Fsp3) is 0.727. The highest BCUT2D eigenvalue weighted by Crippen LogP contribution is 2.20. The van der Waals surface area contributed by atoms with E-state index in [0.29, 0.717) is 9.47 Å². The molecule has 0 N–H and O–H groups in total. The number of nitrogens with zero attached hydrogens (tertiary/aromatic N) is 4. The summed E-state index contributed by atoms with van der Waals surface area (Å²) >= 11 is 6.88. The molecule has 0 aliphatic carbocycles. The van der Waals surface area contributed by atoms with Crippen LogP contribution in [0.25, 0.3) is 0 Å². The molecule has 2 heterocycles. The Kier molecular flexibility index (Phi) is 4.53. The highest BCUT2D eigenvalue weighted by molar-refractivity contribution is 7.17. The molecule has 5 nitrogen and oxygen atoms in total. The fourth-order valence-electron chi connectivity index (χ4n) is 2.27. The Morgan fingerprint density at radius 2 is 2.28 bits per heavy atom. The fourth-order valence-corrected chi connectivity index (χ4v) is 3.06. The predicted molar refractivity (Wildman–Crippen MR) is 72.1 cm³/mol. The van der Waals surface area contributed by atoms with Crippen molar-refractivity contribution in [1.82, 2.24) is 20.0 Å². The van der Waals surface area contributed by atoms with E-state index in [9.17, 15) is 4.79 Å². The molecular formula is C11H17ClN4OS. The van der Waals surface area contributed by atoms with Crippen LogP contribution in [0.5, 0.6) is 0 Å². The number of carbonyl (C=O) groups is 1. The lowest BCUT2D eigenvalue weighted by molar-refractivity contribution is 0.0674. The average Bonchev–Trinajstić information content (AvgIpc) is 2.68. The second-order valence-corrected chi connectivity index (χ2v) is 6.10. The van der Waals surface area contributed by atoms with Crippen LogP contribution >= 0.6 is 22.9 Å². The maximum atomic E-state index is 12.4. The molecule has 2 rings (SSSR count). The number of aromatic nitrogens is 2. The van der Waals surface area contributed by atoms with Crippen molar-refractivity contribution in [3.63, 3.8) is 0 Å². The Balaban J connectivity index is 2.16. The Hall–Kier alpha value is -0.720.